The summed E-state index contributed by atoms with van der Waals surface area (Å²) in [7, 11) is 1.68. The summed E-state index contributed by atoms with van der Waals surface area (Å²) >= 11 is 1.66. The number of carbonyl (C=O) groups excluding carboxylic acids is 1. The molecule has 1 saturated carbocycles. The third-order valence-corrected chi connectivity index (χ3v) is 6.48. The molecule has 2 aromatic rings. The molecular formula is C19H25N3O2S. The zero-order valence-electron chi connectivity index (χ0n) is 14.7. The highest BCUT2D eigenvalue weighted by molar-refractivity contribution is 7.22. The molecule has 25 heavy (non-hydrogen) atoms. The van der Waals surface area contributed by atoms with Gasteiger partial charge in [-0.15, -0.1) is 0 Å². The van der Waals surface area contributed by atoms with Gasteiger partial charge in [0.15, 0.2) is 5.13 Å². The normalized spacial score (nSPS) is 19.0. The molecule has 2 aliphatic rings. The number of benzene rings is 1. The van der Waals surface area contributed by atoms with E-state index in [1.165, 1.54) is 32.1 Å². The number of anilines is 1. The van der Waals surface area contributed by atoms with Crippen LogP contribution in [0, 0.1) is 11.8 Å². The highest BCUT2D eigenvalue weighted by Crippen LogP contribution is 2.34. The standard InChI is InChI=1S/C19H25N3O2S/c1-24-15-7-8-16-17(9-15)25-19(21-16)22-11-14(12-22)18(23)20-10-13-5-3-2-4-6-13/h7-9,13-14H,2-6,10-12H2,1H3,(H,20,23). The summed E-state index contributed by atoms with van der Waals surface area (Å²) in [5.41, 5.74) is 0.992. The minimum atomic E-state index is 0.102. The second-order valence-electron chi connectivity index (χ2n) is 7.18. The van der Waals surface area contributed by atoms with Crippen molar-refractivity contribution < 1.29 is 9.53 Å². The number of hydrogen-bond donors (Lipinski definition) is 1. The van der Waals surface area contributed by atoms with Crippen molar-refractivity contribution in [3.05, 3.63) is 18.2 Å². The van der Waals surface area contributed by atoms with Gasteiger partial charge < -0.3 is 15.0 Å². The van der Waals surface area contributed by atoms with Crippen LogP contribution >= 0.6 is 11.3 Å². The number of fused-ring (bicyclic) bond motifs is 1. The number of amides is 1. The van der Waals surface area contributed by atoms with Gasteiger partial charge in [-0.1, -0.05) is 30.6 Å². The number of hydrogen-bond acceptors (Lipinski definition) is 5. The van der Waals surface area contributed by atoms with Gasteiger partial charge in [0.25, 0.3) is 0 Å². The number of nitrogens with zero attached hydrogens (tertiary/aromatic N) is 2. The Kier molecular flexibility index (Phi) is 4.79. The van der Waals surface area contributed by atoms with Crippen molar-refractivity contribution in [3.63, 3.8) is 0 Å². The smallest absolute Gasteiger partial charge is 0.226 e. The third kappa shape index (κ3) is 3.59. The van der Waals surface area contributed by atoms with E-state index in [9.17, 15) is 4.79 Å². The Hall–Kier alpha value is -1.82. The Morgan fingerprint density at radius 2 is 2.12 bits per heavy atom. The van der Waals surface area contributed by atoms with Crippen molar-refractivity contribution in [2.45, 2.75) is 32.1 Å². The van der Waals surface area contributed by atoms with Crippen molar-refractivity contribution in [3.8, 4) is 5.75 Å². The molecule has 1 saturated heterocycles. The molecule has 0 bridgehead atoms. The second-order valence-corrected chi connectivity index (χ2v) is 8.19. The monoisotopic (exact) mass is 359 g/mol. The number of ether oxygens (including phenoxy) is 1. The Labute approximate surface area is 152 Å². The van der Waals surface area contributed by atoms with E-state index in [1.54, 1.807) is 18.4 Å². The molecule has 6 heteroatoms. The first-order chi connectivity index (χ1) is 12.2. The molecule has 1 aliphatic carbocycles. The van der Waals surface area contributed by atoms with E-state index < -0.39 is 0 Å². The largest absolute Gasteiger partial charge is 0.497 e. The van der Waals surface area contributed by atoms with Gasteiger partial charge >= 0.3 is 0 Å². The van der Waals surface area contributed by atoms with Gasteiger partial charge in [0.1, 0.15) is 5.75 Å². The fourth-order valence-corrected chi connectivity index (χ4v) is 4.75. The topological polar surface area (TPSA) is 54.5 Å². The zero-order chi connectivity index (χ0) is 17.2. The summed E-state index contributed by atoms with van der Waals surface area (Å²) in [6.07, 6.45) is 6.54. The van der Waals surface area contributed by atoms with Gasteiger partial charge in [-0.25, -0.2) is 4.98 Å². The van der Waals surface area contributed by atoms with Crippen LogP contribution in [0.3, 0.4) is 0 Å². The summed E-state index contributed by atoms with van der Waals surface area (Å²) in [5, 5.41) is 4.17. The van der Waals surface area contributed by atoms with Crippen LogP contribution in [-0.4, -0.2) is 37.6 Å². The highest BCUT2D eigenvalue weighted by Gasteiger charge is 2.34. The van der Waals surface area contributed by atoms with E-state index in [0.717, 1.165) is 40.7 Å². The molecule has 5 nitrogen and oxygen atoms in total. The molecule has 134 valence electrons. The molecular weight excluding hydrogens is 334 g/mol. The van der Waals surface area contributed by atoms with Crippen molar-refractivity contribution in [2.75, 3.05) is 31.6 Å². The molecule has 1 amide bonds. The molecule has 0 radical (unpaired) electrons. The Morgan fingerprint density at radius 1 is 1.32 bits per heavy atom. The SMILES string of the molecule is COc1ccc2nc(N3CC(C(=O)NCC4CCCCC4)C3)sc2c1. The fourth-order valence-electron chi connectivity index (χ4n) is 3.74. The highest BCUT2D eigenvalue weighted by atomic mass is 32.1. The maximum absolute atomic E-state index is 12.3. The average molecular weight is 359 g/mol. The molecule has 1 N–H and O–H groups in total. The van der Waals surface area contributed by atoms with Crippen molar-refractivity contribution in [2.24, 2.45) is 11.8 Å². The Balaban J connectivity index is 1.30. The lowest BCUT2D eigenvalue weighted by Crippen LogP contribution is -2.54. The quantitative estimate of drug-likeness (QED) is 0.888. The molecule has 1 aliphatic heterocycles. The maximum atomic E-state index is 12.3. The number of methoxy groups -OCH3 is 1. The van der Waals surface area contributed by atoms with Gasteiger partial charge in [0.05, 0.1) is 23.2 Å². The van der Waals surface area contributed by atoms with E-state index in [-0.39, 0.29) is 11.8 Å². The second kappa shape index (κ2) is 7.20. The van der Waals surface area contributed by atoms with Gasteiger partial charge in [0.2, 0.25) is 5.91 Å². The number of rotatable bonds is 5. The van der Waals surface area contributed by atoms with E-state index in [2.05, 4.69) is 15.2 Å². The van der Waals surface area contributed by atoms with Gasteiger partial charge in [-0.05, 0) is 37.0 Å². The predicted octanol–water partition coefficient (Wildman–Crippen LogP) is 3.44. The molecule has 0 spiro atoms. The molecule has 0 unspecified atom stereocenters. The number of aromatic nitrogens is 1. The van der Waals surface area contributed by atoms with Crippen LogP contribution in [0.25, 0.3) is 10.2 Å². The first-order valence-electron chi connectivity index (χ1n) is 9.20. The Morgan fingerprint density at radius 3 is 2.88 bits per heavy atom. The van der Waals surface area contributed by atoms with Crippen molar-refractivity contribution >= 4 is 32.6 Å². The van der Waals surface area contributed by atoms with Crippen LogP contribution in [0.2, 0.25) is 0 Å². The van der Waals surface area contributed by atoms with Crippen LogP contribution < -0.4 is 15.0 Å². The molecule has 2 fully saturated rings. The number of carbonyl (C=O) groups is 1. The van der Waals surface area contributed by atoms with Crippen molar-refractivity contribution in [1.82, 2.24) is 10.3 Å². The van der Waals surface area contributed by atoms with Crippen LogP contribution in [0.5, 0.6) is 5.75 Å². The molecule has 1 aromatic carbocycles. The molecule has 4 rings (SSSR count). The lowest BCUT2D eigenvalue weighted by Gasteiger charge is -2.38. The van der Waals surface area contributed by atoms with Crippen LogP contribution in [-0.2, 0) is 4.79 Å². The summed E-state index contributed by atoms with van der Waals surface area (Å²) in [5.74, 6) is 1.86. The van der Waals surface area contributed by atoms with Crippen molar-refractivity contribution in [1.29, 1.82) is 0 Å². The Bertz CT molecular complexity index is 748. The number of nitrogens with one attached hydrogen (secondary N) is 1. The van der Waals surface area contributed by atoms with E-state index in [1.807, 2.05) is 18.2 Å². The molecule has 1 aromatic heterocycles. The van der Waals surface area contributed by atoms with Gasteiger partial charge in [0, 0.05) is 19.6 Å². The zero-order valence-corrected chi connectivity index (χ0v) is 15.5. The summed E-state index contributed by atoms with van der Waals surface area (Å²) in [4.78, 5) is 19.2. The van der Waals surface area contributed by atoms with Crippen LogP contribution in [0.15, 0.2) is 18.2 Å². The van der Waals surface area contributed by atoms with Crippen LogP contribution in [0.1, 0.15) is 32.1 Å². The number of thiazole rings is 1. The van der Waals surface area contributed by atoms with Gasteiger partial charge in [-0.3, -0.25) is 4.79 Å². The van der Waals surface area contributed by atoms with Gasteiger partial charge in [-0.2, -0.15) is 0 Å². The lowest BCUT2D eigenvalue weighted by atomic mass is 9.89. The summed E-state index contributed by atoms with van der Waals surface area (Å²) in [6, 6.07) is 5.94. The fraction of sp³-hybridized carbons (Fsp3) is 0.579. The molecule has 0 atom stereocenters. The predicted molar refractivity (Wildman–Crippen MR) is 101 cm³/mol. The third-order valence-electron chi connectivity index (χ3n) is 5.40. The summed E-state index contributed by atoms with van der Waals surface area (Å²) < 4.78 is 6.39. The maximum Gasteiger partial charge on any atom is 0.226 e. The van der Waals surface area contributed by atoms with E-state index in [4.69, 9.17) is 4.74 Å². The first kappa shape index (κ1) is 16.6. The van der Waals surface area contributed by atoms with E-state index in [0.29, 0.717) is 5.92 Å². The molecule has 2 heterocycles. The lowest BCUT2D eigenvalue weighted by molar-refractivity contribution is -0.125. The summed E-state index contributed by atoms with van der Waals surface area (Å²) in [6.45, 7) is 2.40. The average Bonchev–Trinajstić information content (AvgIpc) is 3.02. The first-order valence-corrected chi connectivity index (χ1v) is 10.0. The minimum absolute atomic E-state index is 0.102. The van der Waals surface area contributed by atoms with E-state index >= 15 is 0 Å². The van der Waals surface area contributed by atoms with Crippen LogP contribution in [0.4, 0.5) is 5.13 Å². The minimum Gasteiger partial charge on any atom is -0.497 e.